The first-order valence-corrected chi connectivity index (χ1v) is 9.89. The molecule has 0 spiro atoms. The number of hydrogen-bond donors (Lipinski definition) is 2. The minimum absolute atomic E-state index is 0.156. The molecule has 2 atom stereocenters. The van der Waals surface area contributed by atoms with E-state index < -0.39 is 32.7 Å². The zero-order valence-electron chi connectivity index (χ0n) is 14.2. The highest BCUT2D eigenvalue weighted by atomic mass is 32.2. The minimum Gasteiger partial charge on any atom is -0.379 e. The fraction of sp³-hybridized carbons (Fsp3) is 0.562. The van der Waals surface area contributed by atoms with Crippen molar-refractivity contribution in [1.29, 1.82) is 0 Å². The van der Waals surface area contributed by atoms with Crippen molar-refractivity contribution in [2.24, 2.45) is 5.73 Å². The number of rotatable bonds is 5. The van der Waals surface area contributed by atoms with E-state index in [0.717, 1.165) is 12.1 Å². The lowest BCUT2D eigenvalue weighted by atomic mass is 10.2. The molecule has 2 saturated heterocycles. The molecular weight excluding hydrogens is 365 g/mol. The van der Waals surface area contributed by atoms with E-state index in [9.17, 15) is 17.6 Å². The van der Waals surface area contributed by atoms with Gasteiger partial charge in [-0.05, 0) is 31.0 Å². The van der Waals surface area contributed by atoms with Crippen LogP contribution in [0.25, 0.3) is 0 Å². The van der Waals surface area contributed by atoms with E-state index in [2.05, 4.69) is 5.32 Å². The second-order valence-electron chi connectivity index (χ2n) is 6.21. The van der Waals surface area contributed by atoms with Gasteiger partial charge in [0.15, 0.2) is 0 Å². The third kappa shape index (κ3) is 4.04. The number of halogens is 1. The molecule has 0 radical (unpaired) electrons. The second kappa shape index (κ2) is 7.97. The normalized spacial score (nSPS) is 24.5. The van der Waals surface area contributed by atoms with Gasteiger partial charge < -0.3 is 20.5 Å². The molecule has 1 aromatic carbocycles. The second-order valence-corrected chi connectivity index (χ2v) is 8.12. The van der Waals surface area contributed by atoms with E-state index in [1.165, 1.54) is 10.4 Å². The molecule has 2 fully saturated rings. The number of morpholine rings is 1. The number of hydrogen-bond acceptors (Lipinski definition) is 6. The van der Waals surface area contributed by atoms with Crippen molar-refractivity contribution in [2.45, 2.75) is 29.9 Å². The Balaban J connectivity index is 1.76. The van der Waals surface area contributed by atoms with E-state index in [-0.39, 0.29) is 38.1 Å². The van der Waals surface area contributed by atoms with Crippen LogP contribution >= 0.6 is 0 Å². The maximum absolute atomic E-state index is 14.2. The summed E-state index contributed by atoms with van der Waals surface area (Å²) in [5.74, 6) is -1.27. The molecule has 0 aromatic heterocycles. The van der Waals surface area contributed by atoms with E-state index in [4.69, 9.17) is 15.2 Å². The van der Waals surface area contributed by atoms with Gasteiger partial charge in [0.2, 0.25) is 10.0 Å². The Bertz CT molecular complexity index is 767. The van der Waals surface area contributed by atoms with E-state index in [0.29, 0.717) is 19.4 Å². The van der Waals surface area contributed by atoms with Gasteiger partial charge in [0, 0.05) is 25.3 Å². The van der Waals surface area contributed by atoms with Gasteiger partial charge in [-0.1, -0.05) is 0 Å². The molecule has 0 aliphatic carbocycles. The number of sulfonamides is 1. The van der Waals surface area contributed by atoms with Gasteiger partial charge in [0.1, 0.15) is 16.8 Å². The fourth-order valence-corrected chi connectivity index (χ4v) is 4.50. The molecule has 0 unspecified atom stereocenters. The molecule has 3 rings (SSSR count). The molecule has 3 N–H and O–H groups in total. The highest BCUT2D eigenvalue weighted by molar-refractivity contribution is 7.89. The number of nitrogens with two attached hydrogens (primary N) is 1. The van der Waals surface area contributed by atoms with Crippen LogP contribution in [0, 0.1) is 5.82 Å². The molecule has 2 aliphatic rings. The molecule has 8 nitrogen and oxygen atoms in total. The quantitative estimate of drug-likeness (QED) is 0.751. The van der Waals surface area contributed by atoms with Crippen LogP contribution < -0.4 is 11.1 Å². The highest BCUT2D eigenvalue weighted by Crippen LogP contribution is 2.25. The van der Waals surface area contributed by atoms with Crippen LogP contribution in [-0.2, 0) is 24.3 Å². The van der Waals surface area contributed by atoms with Gasteiger partial charge in [-0.25, -0.2) is 12.8 Å². The third-order valence-corrected chi connectivity index (χ3v) is 6.36. The van der Waals surface area contributed by atoms with Gasteiger partial charge in [-0.3, -0.25) is 4.79 Å². The molecule has 26 heavy (non-hydrogen) atoms. The van der Waals surface area contributed by atoms with Crippen LogP contribution in [0.4, 0.5) is 10.1 Å². The molecule has 2 aliphatic heterocycles. The number of ether oxygens (including phenoxy) is 2. The molecule has 144 valence electrons. The Labute approximate surface area is 151 Å². The molecular formula is C16H22FN3O5S. The van der Waals surface area contributed by atoms with Crippen molar-refractivity contribution < 1.29 is 27.1 Å². The first-order valence-electron chi connectivity index (χ1n) is 8.45. The Morgan fingerprint density at radius 2 is 2.04 bits per heavy atom. The fourth-order valence-electron chi connectivity index (χ4n) is 3.00. The van der Waals surface area contributed by atoms with Crippen molar-refractivity contribution in [3.8, 4) is 0 Å². The Hall–Kier alpha value is -1.59. The average molecular weight is 387 g/mol. The van der Waals surface area contributed by atoms with Crippen LogP contribution in [-0.4, -0.2) is 63.7 Å². The van der Waals surface area contributed by atoms with Crippen molar-refractivity contribution in [2.75, 3.05) is 38.2 Å². The van der Waals surface area contributed by atoms with Crippen LogP contribution in [0.2, 0.25) is 0 Å². The topological polar surface area (TPSA) is 111 Å². The number of nitrogens with zero attached hydrogens (tertiary/aromatic N) is 1. The third-order valence-electron chi connectivity index (χ3n) is 4.45. The number of nitrogens with one attached hydrogen (secondary N) is 1. The minimum atomic E-state index is -4.00. The first kappa shape index (κ1) is 19.2. The summed E-state index contributed by atoms with van der Waals surface area (Å²) in [5, 5.41) is 2.59. The van der Waals surface area contributed by atoms with Crippen molar-refractivity contribution in [1.82, 2.24) is 4.31 Å². The van der Waals surface area contributed by atoms with Gasteiger partial charge in [0.05, 0.1) is 19.3 Å². The Kier molecular flexibility index (Phi) is 5.88. The molecule has 0 bridgehead atoms. The monoisotopic (exact) mass is 387 g/mol. The summed E-state index contributed by atoms with van der Waals surface area (Å²) in [6.07, 6.45) is 0.423. The lowest BCUT2D eigenvalue weighted by Gasteiger charge is -2.26. The summed E-state index contributed by atoms with van der Waals surface area (Å²) in [5.41, 5.74) is 5.72. The van der Waals surface area contributed by atoms with E-state index in [1.807, 2.05) is 0 Å². The summed E-state index contributed by atoms with van der Waals surface area (Å²) in [6.45, 7) is 1.18. The predicted molar refractivity (Wildman–Crippen MR) is 91.6 cm³/mol. The summed E-state index contributed by atoms with van der Waals surface area (Å²) in [4.78, 5) is 11.8. The van der Waals surface area contributed by atoms with Gasteiger partial charge in [0.25, 0.3) is 5.91 Å². The lowest BCUT2D eigenvalue weighted by molar-refractivity contribution is -0.126. The van der Waals surface area contributed by atoms with Crippen molar-refractivity contribution in [3.63, 3.8) is 0 Å². The van der Waals surface area contributed by atoms with Gasteiger partial charge in [-0.2, -0.15) is 4.31 Å². The van der Waals surface area contributed by atoms with Gasteiger partial charge in [-0.15, -0.1) is 0 Å². The predicted octanol–water partition coefficient (Wildman–Crippen LogP) is 0.291. The Morgan fingerprint density at radius 3 is 2.69 bits per heavy atom. The number of benzene rings is 1. The van der Waals surface area contributed by atoms with Crippen LogP contribution in [0.15, 0.2) is 23.1 Å². The van der Waals surface area contributed by atoms with Crippen molar-refractivity contribution >= 4 is 21.6 Å². The SMILES string of the molecule is NC[C@H]1CC[C@@H](C(=O)Nc2ccc(F)c(S(=O)(=O)N3CCOCC3)c2)O1. The van der Waals surface area contributed by atoms with Crippen LogP contribution in [0.1, 0.15) is 12.8 Å². The number of amides is 1. The van der Waals surface area contributed by atoms with Crippen LogP contribution in [0.5, 0.6) is 0 Å². The molecule has 1 amide bonds. The molecule has 2 heterocycles. The number of carbonyl (C=O) groups is 1. The zero-order valence-corrected chi connectivity index (χ0v) is 15.0. The highest BCUT2D eigenvalue weighted by Gasteiger charge is 2.31. The zero-order chi connectivity index (χ0) is 18.7. The lowest BCUT2D eigenvalue weighted by Crippen LogP contribution is -2.41. The maximum atomic E-state index is 14.2. The largest absolute Gasteiger partial charge is 0.379 e. The number of anilines is 1. The van der Waals surface area contributed by atoms with Gasteiger partial charge >= 0.3 is 0 Å². The molecule has 10 heteroatoms. The summed E-state index contributed by atoms with van der Waals surface area (Å²) >= 11 is 0. The van der Waals surface area contributed by atoms with E-state index in [1.54, 1.807) is 0 Å². The summed E-state index contributed by atoms with van der Waals surface area (Å²) < 4.78 is 51.3. The summed E-state index contributed by atoms with van der Waals surface area (Å²) in [6, 6.07) is 3.48. The average Bonchev–Trinajstić information content (AvgIpc) is 3.13. The number of carbonyl (C=O) groups excluding carboxylic acids is 1. The van der Waals surface area contributed by atoms with Crippen molar-refractivity contribution in [3.05, 3.63) is 24.0 Å². The standard InChI is InChI=1S/C16H22FN3O5S/c17-13-3-1-11(19-16(21)14-4-2-12(10-18)25-14)9-15(13)26(22,23)20-5-7-24-8-6-20/h1,3,9,12,14H,2,4-8,10,18H2,(H,19,21)/t12-,14+/m1/s1. The Morgan fingerprint density at radius 1 is 1.31 bits per heavy atom. The smallest absolute Gasteiger partial charge is 0.253 e. The van der Waals surface area contributed by atoms with Crippen LogP contribution in [0.3, 0.4) is 0 Å². The summed E-state index contributed by atoms with van der Waals surface area (Å²) in [7, 11) is -4.00. The maximum Gasteiger partial charge on any atom is 0.253 e. The first-order chi connectivity index (χ1) is 12.4. The van der Waals surface area contributed by atoms with E-state index >= 15 is 0 Å². The molecule has 0 saturated carbocycles. The molecule has 1 aromatic rings.